The standard InChI is InChI=1S/C6H7OS/c1-2-3-4-5-6-8-7/h2,4-5H,1,3H2. The summed E-state index contributed by atoms with van der Waals surface area (Å²) in [6.45, 7) is 3.49. The Morgan fingerprint density at radius 3 is 3.00 bits per heavy atom. The molecule has 0 aromatic rings. The van der Waals surface area contributed by atoms with Gasteiger partial charge in [-0.2, -0.15) is 0 Å². The number of hydrogen-bond acceptors (Lipinski definition) is 1. The van der Waals surface area contributed by atoms with Gasteiger partial charge < -0.3 is 0 Å². The molecule has 0 aromatic carbocycles. The Kier molecular flexibility index (Phi) is 5.94. The number of allylic oxidation sites excluding steroid dienone is 2. The van der Waals surface area contributed by atoms with Crippen molar-refractivity contribution < 1.29 is 4.21 Å². The largest absolute Gasteiger partial charge is 0.203 e. The first kappa shape index (κ1) is 7.41. The fourth-order valence-electron chi connectivity index (χ4n) is 0.240. The lowest BCUT2D eigenvalue weighted by molar-refractivity contribution is 0.701. The zero-order valence-corrected chi connectivity index (χ0v) is 5.28. The van der Waals surface area contributed by atoms with E-state index < -0.39 is 0 Å². The monoisotopic (exact) mass is 127 g/mol. The van der Waals surface area contributed by atoms with Crippen molar-refractivity contribution >= 4 is 16.3 Å². The van der Waals surface area contributed by atoms with Crippen LogP contribution in [0.2, 0.25) is 0 Å². The molecule has 8 heavy (non-hydrogen) atoms. The molecule has 0 bridgehead atoms. The number of unbranched alkanes of at least 4 members (excludes halogenated alkanes) is 1. The van der Waals surface area contributed by atoms with Crippen molar-refractivity contribution in [1.29, 1.82) is 0 Å². The molecule has 0 aliphatic heterocycles. The minimum Gasteiger partial charge on any atom is -0.203 e. The molecule has 0 rings (SSSR count). The molecule has 0 unspecified atom stereocenters. The van der Waals surface area contributed by atoms with Gasteiger partial charge in [0.05, 0.1) is 0 Å². The highest BCUT2D eigenvalue weighted by Gasteiger charge is 1.69. The third kappa shape index (κ3) is 5.41. The quantitative estimate of drug-likeness (QED) is 0.313. The predicted octanol–water partition coefficient (Wildman–Crippen LogP) is 0.937. The van der Waals surface area contributed by atoms with E-state index in [0.717, 1.165) is 6.42 Å². The van der Waals surface area contributed by atoms with Gasteiger partial charge in [0.15, 0.2) is 0 Å². The maximum Gasteiger partial charge on any atom is 0.141 e. The molecule has 0 fully saturated rings. The van der Waals surface area contributed by atoms with E-state index in [-0.39, 0.29) is 0 Å². The molecule has 1 nitrogen and oxygen atoms in total. The van der Waals surface area contributed by atoms with E-state index in [2.05, 4.69) is 11.6 Å². The van der Waals surface area contributed by atoms with E-state index in [9.17, 15) is 4.21 Å². The van der Waals surface area contributed by atoms with Crippen molar-refractivity contribution in [1.82, 2.24) is 0 Å². The lowest BCUT2D eigenvalue weighted by Crippen LogP contribution is -1.62. The van der Waals surface area contributed by atoms with Gasteiger partial charge in [-0.25, -0.2) is 4.21 Å². The van der Waals surface area contributed by atoms with Gasteiger partial charge in [0.1, 0.15) is 11.3 Å². The van der Waals surface area contributed by atoms with Gasteiger partial charge in [-0.05, 0) is 23.9 Å². The minimum absolute atomic E-state index is 0.331. The Hall–Kier alpha value is -0.590. The average Bonchev–Trinajstić information content (AvgIpc) is 1.81. The van der Waals surface area contributed by atoms with Gasteiger partial charge in [0, 0.05) is 0 Å². The van der Waals surface area contributed by atoms with Gasteiger partial charge in [0.2, 0.25) is 0 Å². The lowest BCUT2D eigenvalue weighted by Gasteiger charge is -1.75. The van der Waals surface area contributed by atoms with Crippen LogP contribution in [0.15, 0.2) is 18.7 Å². The molecule has 0 amide bonds. The van der Waals surface area contributed by atoms with Crippen molar-refractivity contribution in [3.05, 3.63) is 25.2 Å². The van der Waals surface area contributed by atoms with Crippen LogP contribution in [0, 0.1) is 6.42 Å². The maximum absolute atomic E-state index is 9.62. The fourth-order valence-corrected chi connectivity index (χ4v) is 0.392. The zero-order chi connectivity index (χ0) is 6.24. The van der Waals surface area contributed by atoms with E-state index in [1.807, 2.05) is 6.42 Å². The molecule has 1 radical (unpaired) electrons. The maximum atomic E-state index is 9.62. The first-order chi connectivity index (χ1) is 3.91. The van der Waals surface area contributed by atoms with E-state index in [1.165, 1.54) is 0 Å². The molecule has 0 atom stereocenters. The summed E-state index contributed by atoms with van der Waals surface area (Å²) in [5.41, 5.74) is 0. The van der Waals surface area contributed by atoms with Crippen LogP contribution in [0.4, 0.5) is 0 Å². The molecule has 43 valence electrons. The Labute approximate surface area is 52.8 Å². The molecular formula is C6H7OS. The van der Waals surface area contributed by atoms with Crippen molar-refractivity contribution in [3.8, 4) is 0 Å². The highest BCUT2D eigenvalue weighted by Crippen LogP contribution is 1.84. The van der Waals surface area contributed by atoms with E-state index in [4.69, 9.17) is 0 Å². The van der Waals surface area contributed by atoms with Crippen LogP contribution in [0.25, 0.3) is 0 Å². The van der Waals surface area contributed by atoms with Crippen LogP contribution in [0.3, 0.4) is 0 Å². The zero-order valence-electron chi connectivity index (χ0n) is 4.46. The van der Waals surface area contributed by atoms with Crippen LogP contribution < -0.4 is 0 Å². The summed E-state index contributed by atoms with van der Waals surface area (Å²) in [6, 6.07) is 0. The van der Waals surface area contributed by atoms with Crippen LogP contribution >= 0.6 is 0 Å². The number of hydrogen-bond donors (Lipinski definition) is 0. The highest BCUT2D eigenvalue weighted by molar-refractivity contribution is 7.64. The highest BCUT2D eigenvalue weighted by atomic mass is 32.1. The minimum atomic E-state index is 0.331. The Bertz CT molecular complexity index is 139. The second-order valence-corrected chi connectivity index (χ2v) is 1.53. The SMILES string of the molecule is C=CC[CH]C=C=S=O. The van der Waals surface area contributed by atoms with Crippen LogP contribution in [0.1, 0.15) is 6.42 Å². The normalized spacial score (nSPS) is 7.00. The molecule has 0 saturated carbocycles. The molecule has 0 heterocycles. The Morgan fingerprint density at radius 1 is 1.75 bits per heavy atom. The lowest BCUT2D eigenvalue weighted by atomic mass is 10.3. The summed E-state index contributed by atoms with van der Waals surface area (Å²) in [5, 5.41) is 2.42. The molecule has 0 saturated heterocycles. The molecule has 0 spiro atoms. The van der Waals surface area contributed by atoms with Crippen LogP contribution in [-0.4, -0.2) is 9.23 Å². The van der Waals surface area contributed by atoms with Gasteiger partial charge >= 0.3 is 0 Å². The molecule has 2 heteroatoms. The molecule has 0 aliphatic rings. The molecule has 0 aromatic heterocycles. The summed E-state index contributed by atoms with van der Waals surface area (Å²) in [6.07, 6.45) is 5.97. The van der Waals surface area contributed by atoms with Crippen molar-refractivity contribution in [2.75, 3.05) is 0 Å². The summed E-state index contributed by atoms with van der Waals surface area (Å²) in [4.78, 5) is 0. The molecule has 0 aliphatic carbocycles. The van der Waals surface area contributed by atoms with E-state index in [0.29, 0.717) is 11.3 Å². The van der Waals surface area contributed by atoms with Crippen molar-refractivity contribution in [2.45, 2.75) is 6.42 Å². The Balaban J connectivity index is 3.29. The third-order valence-electron chi connectivity index (χ3n) is 0.537. The summed E-state index contributed by atoms with van der Waals surface area (Å²) in [5.74, 6) is 0. The fraction of sp³-hybridized carbons (Fsp3) is 0.167. The summed E-state index contributed by atoms with van der Waals surface area (Å²) >= 11 is 0.331. The predicted molar refractivity (Wildman–Crippen MR) is 36.8 cm³/mol. The summed E-state index contributed by atoms with van der Waals surface area (Å²) < 4.78 is 9.62. The van der Waals surface area contributed by atoms with E-state index in [1.54, 1.807) is 12.2 Å². The van der Waals surface area contributed by atoms with Crippen molar-refractivity contribution in [3.63, 3.8) is 0 Å². The van der Waals surface area contributed by atoms with Crippen LogP contribution in [0.5, 0.6) is 0 Å². The Morgan fingerprint density at radius 2 is 2.50 bits per heavy atom. The first-order valence-electron chi connectivity index (χ1n) is 2.22. The van der Waals surface area contributed by atoms with Gasteiger partial charge in [-0.1, -0.05) is 6.08 Å². The second-order valence-electron chi connectivity index (χ2n) is 1.13. The van der Waals surface area contributed by atoms with E-state index >= 15 is 0 Å². The number of rotatable bonds is 3. The average molecular weight is 127 g/mol. The third-order valence-corrected chi connectivity index (χ3v) is 0.769. The topological polar surface area (TPSA) is 17.1 Å². The first-order valence-corrected chi connectivity index (χ1v) is 2.96. The van der Waals surface area contributed by atoms with Gasteiger partial charge in [-0.3, -0.25) is 0 Å². The van der Waals surface area contributed by atoms with Gasteiger partial charge in [-0.15, -0.1) is 6.58 Å². The summed E-state index contributed by atoms with van der Waals surface area (Å²) in [7, 11) is 0. The van der Waals surface area contributed by atoms with Crippen LogP contribution in [-0.2, 0) is 11.3 Å². The smallest absolute Gasteiger partial charge is 0.141 e. The van der Waals surface area contributed by atoms with Gasteiger partial charge in [0.25, 0.3) is 0 Å². The molecular weight excluding hydrogens is 120 g/mol. The van der Waals surface area contributed by atoms with Crippen molar-refractivity contribution in [2.24, 2.45) is 0 Å². The second kappa shape index (κ2) is 6.41. The molecule has 0 N–H and O–H groups in total.